The number of benzene rings is 1. The smallest absolute Gasteiger partial charge is 0.325 e. The SMILES string of the molecule is O=C(C[C@@H]1NC(=O)N(Cc2ccccc2Cl)C1=O)NCCc1ccccn1. The average molecular weight is 387 g/mol. The number of aromatic nitrogens is 1. The van der Waals surface area contributed by atoms with Gasteiger partial charge in [-0.1, -0.05) is 35.9 Å². The standard InChI is InChI=1S/C19H19ClN4O3/c20-15-7-2-1-5-13(15)12-24-18(26)16(23-19(24)27)11-17(25)22-10-8-14-6-3-4-9-21-14/h1-7,9,16H,8,10-12H2,(H,22,25)(H,23,27)/t16-/m0/s1. The molecule has 0 spiro atoms. The third-order valence-corrected chi connectivity index (χ3v) is 4.58. The molecule has 0 radical (unpaired) electrons. The monoisotopic (exact) mass is 386 g/mol. The number of nitrogens with one attached hydrogen (secondary N) is 2. The summed E-state index contributed by atoms with van der Waals surface area (Å²) in [6, 6.07) is 11.2. The second-order valence-electron chi connectivity index (χ2n) is 6.14. The molecule has 1 aromatic carbocycles. The number of urea groups is 1. The first-order valence-corrected chi connectivity index (χ1v) is 8.94. The van der Waals surface area contributed by atoms with Gasteiger partial charge in [0.25, 0.3) is 5.91 Å². The highest BCUT2D eigenvalue weighted by atomic mass is 35.5. The molecule has 2 heterocycles. The quantitative estimate of drug-likeness (QED) is 0.711. The number of amides is 4. The van der Waals surface area contributed by atoms with Crippen LogP contribution in [0.5, 0.6) is 0 Å². The Morgan fingerprint density at radius 3 is 2.70 bits per heavy atom. The Morgan fingerprint density at radius 2 is 1.96 bits per heavy atom. The van der Waals surface area contributed by atoms with Crippen LogP contribution in [-0.4, -0.2) is 40.3 Å². The third-order valence-electron chi connectivity index (χ3n) is 4.21. The van der Waals surface area contributed by atoms with Gasteiger partial charge in [-0.15, -0.1) is 0 Å². The summed E-state index contributed by atoms with van der Waals surface area (Å²) in [6.45, 7) is 0.482. The number of rotatable bonds is 7. The lowest BCUT2D eigenvalue weighted by molar-refractivity contribution is -0.131. The summed E-state index contributed by atoms with van der Waals surface area (Å²) in [4.78, 5) is 41.9. The van der Waals surface area contributed by atoms with E-state index in [-0.39, 0.29) is 18.9 Å². The van der Waals surface area contributed by atoms with Crippen molar-refractivity contribution in [2.24, 2.45) is 0 Å². The minimum atomic E-state index is -0.866. The van der Waals surface area contributed by atoms with Crippen molar-refractivity contribution < 1.29 is 14.4 Å². The van der Waals surface area contributed by atoms with Crippen LogP contribution in [0, 0.1) is 0 Å². The fourth-order valence-electron chi connectivity index (χ4n) is 2.80. The van der Waals surface area contributed by atoms with Gasteiger partial charge in [-0.2, -0.15) is 0 Å². The minimum absolute atomic E-state index is 0.0716. The molecule has 0 unspecified atom stereocenters. The molecule has 1 aliphatic rings. The Morgan fingerprint density at radius 1 is 1.19 bits per heavy atom. The summed E-state index contributed by atoms with van der Waals surface area (Å²) < 4.78 is 0. The molecule has 3 rings (SSSR count). The van der Waals surface area contributed by atoms with Crippen LogP contribution >= 0.6 is 11.6 Å². The summed E-state index contributed by atoms with van der Waals surface area (Å²) >= 11 is 6.09. The Hall–Kier alpha value is -2.93. The van der Waals surface area contributed by atoms with Crippen LogP contribution < -0.4 is 10.6 Å². The van der Waals surface area contributed by atoms with Gasteiger partial charge in [-0.25, -0.2) is 4.79 Å². The first-order chi connectivity index (χ1) is 13.0. The minimum Gasteiger partial charge on any atom is -0.356 e. The predicted molar refractivity (Wildman–Crippen MR) is 99.9 cm³/mol. The van der Waals surface area contributed by atoms with E-state index in [4.69, 9.17) is 11.6 Å². The van der Waals surface area contributed by atoms with Gasteiger partial charge in [0, 0.05) is 29.9 Å². The van der Waals surface area contributed by atoms with Crippen molar-refractivity contribution in [1.82, 2.24) is 20.5 Å². The highest BCUT2D eigenvalue weighted by Gasteiger charge is 2.39. The van der Waals surface area contributed by atoms with Gasteiger partial charge < -0.3 is 10.6 Å². The van der Waals surface area contributed by atoms with Crippen molar-refractivity contribution in [2.75, 3.05) is 6.54 Å². The topological polar surface area (TPSA) is 91.4 Å². The van der Waals surface area contributed by atoms with Crippen LogP contribution in [-0.2, 0) is 22.6 Å². The molecule has 1 aliphatic heterocycles. The van der Waals surface area contributed by atoms with E-state index in [1.165, 1.54) is 0 Å². The highest BCUT2D eigenvalue weighted by molar-refractivity contribution is 6.31. The van der Waals surface area contributed by atoms with Crippen molar-refractivity contribution in [3.05, 3.63) is 64.9 Å². The number of nitrogens with zero attached hydrogens (tertiary/aromatic N) is 2. The van der Waals surface area contributed by atoms with Gasteiger partial charge >= 0.3 is 6.03 Å². The van der Waals surface area contributed by atoms with E-state index in [0.29, 0.717) is 23.6 Å². The Bertz CT molecular complexity index is 844. The van der Waals surface area contributed by atoms with Gasteiger partial charge in [0.1, 0.15) is 6.04 Å². The molecule has 2 N–H and O–H groups in total. The zero-order valence-electron chi connectivity index (χ0n) is 14.5. The lowest BCUT2D eigenvalue weighted by atomic mass is 10.1. The van der Waals surface area contributed by atoms with E-state index in [1.807, 2.05) is 18.2 Å². The van der Waals surface area contributed by atoms with E-state index >= 15 is 0 Å². The van der Waals surface area contributed by atoms with Crippen LogP contribution in [0.1, 0.15) is 17.7 Å². The van der Waals surface area contributed by atoms with Gasteiger partial charge in [0.15, 0.2) is 0 Å². The van der Waals surface area contributed by atoms with Crippen molar-refractivity contribution in [3.63, 3.8) is 0 Å². The van der Waals surface area contributed by atoms with E-state index < -0.39 is 18.0 Å². The molecule has 0 bridgehead atoms. The highest BCUT2D eigenvalue weighted by Crippen LogP contribution is 2.20. The number of halogens is 1. The molecule has 27 heavy (non-hydrogen) atoms. The first-order valence-electron chi connectivity index (χ1n) is 8.56. The zero-order chi connectivity index (χ0) is 19.2. The van der Waals surface area contributed by atoms with Crippen molar-refractivity contribution in [3.8, 4) is 0 Å². The lowest BCUT2D eigenvalue weighted by Crippen LogP contribution is -2.37. The largest absolute Gasteiger partial charge is 0.356 e. The van der Waals surface area contributed by atoms with Crippen LogP contribution in [0.3, 0.4) is 0 Å². The summed E-state index contributed by atoms with van der Waals surface area (Å²) in [5.41, 5.74) is 1.54. The molecule has 1 fully saturated rings. The van der Waals surface area contributed by atoms with Crippen molar-refractivity contribution >= 4 is 29.4 Å². The zero-order valence-corrected chi connectivity index (χ0v) is 15.3. The first kappa shape index (κ1) is 18.8. The number of imide groups is 1. The van der Waals surface area contributed by atoms with Gasteiger partial charge in [0.05, 0.1) is 13.0 Å². The van der Waals surface area contributed by atoms with E-state index in [1.54, 1.807) is 30.5 Å². The lowest BCUT2D eigenvalue weighted by Gasteiger charge is -2.14. The molecular formula is C19H19ClN4O3. The number of carbonyl (C=O) groups is 3. The molecule has 8 heteroatoms. The molecule has 7 nitrogen and oxygen atoms in total. The van der Waals surface area contributed by atoms with E-state index in [9.17, 15) is 14.4 Å². The van der Waals surface area contributed by atoms with Crippen LogP contribution in [0.2, 0.25) is 5.02 Å². The summed E-state index contributed by atoms with van der Waals surface area (Å²) in [5, 5.41) is 5.78. The normalized spacial score (nSPS) is 16.3. The molecule has 0 saturated carbocycles. The number of carbonyl (C=O) groups excluding carboxylic acids is 3. The maximum atomic E-state index is 12.5. The summed E-state index contributed by atoms with van der Waals surface area (Å²) in [6.07, 6.45) is 2.18. The van der Waals surface area contributed by atoms with Crippen molar-refractivity contribution in [1.29, 1.82) is 0 Å². The van der Waals surface area contributed by atoms with Crippen LogP contribution in [0.4, 0.5) is 4.79 Å². The molecule has 2 aromatic rings. The van der Waals surface area contributed by atoms with Gasteiger partial charge in [0.2, 0.25) is 5.91 Å². The predicted octanol–water partition coefficient (Wildman–Crippen LogP) is 1.90. The average Bonchev–Trinajstić information content (AvgIpc) is 2.91. The second-order valence-corrected chi connectivity index (χ2v) is 6.55. The molecule has 1 saturated heterocycles. The Kier molecular flexibility index (Phi) is 6.03. The van der Waals surface area contributed by atoms with Gasteiger partial charge in [-0.05, 0) is 23.8 Å². The molecular weight excluding hydrogens is 368 g/mol. The number of pyridine rings is 1. The van der Waals surface area contributed by atoms with Crippen molar-refractivity contribution in [2.45, 2.75) is 25.4 Å². The Labute approximate surface area is 161 Å². The fraction of sp³-hybridized carbons (Fsp3) is 0.263. The van der Waals surface area contributed by atoms with Gasteiger partial charge in [-0.3, -0.25) is 19.5 Å². The molecule has 1 atom stereocenters. The summed E-state index contributed by atoms with van der Waals surface area (Å²) in [7, 11) is 0. The number of hydrogen-bond acceptors (Lipinski definition) is 4. The van der Waals surface area contributed by atoms with E-state index in [2.05, 4.69) is 15.6 Å². The molecule has 1 aromatic heterocycles. The van der Waals surface area contributed by atoms with Crippen LogP contribution in [0.15, 0.2) is 48.7 Å². The summed E-state index contributed by atoms with van der Waals surface area (Å²) in [5.74, 6) is -0.732. The molecule has 140 valence electrons. The second kappa shape index (κ2) is 8.64. The molecule has 0 aliphatic carbocycles. The maximum absolute atomic E-state index is 12.5. The number of hydrogen-bond donors (Lipinski definition) is 2. The van der Waals surface area contributed by atoms with Crippen LogP contribution in [0.25, 0.3) is 0 Å². The van der Waals surface area contributed by atoms with E-state index in [0.717, 1.165) is 10.6 Å². The maximum Gasteiger partial charge on any atom is 0.325 e. The fourth-order valence-corrected chi connectivity index (χ4v) is 2.99. The molecule has 4 amide bonds. The third kappa shape index (κ3) is 4.83. The Balaban J connectivity index is 1.50.